The van der Waals surface area contributed by atoms with Crippen LogP contribution in [0.25, 0.3) is 11.2 Å². The van der Waals surface area contributed by atoms with Crippen molar-refractivity contribution in [2.45, 2.75) is 25.0 Å². The highest BCUT2D eigenvalue weighted by Gasteiger charge is 2.70. The van der Waals surface area contributed by atoms with Gasteiger partial charge in [-0.1, -0.05) is 0 Å². The quantitative estimate of drug-likeness (QED) is 0.191. The molecule has 4 atom stereocenters. The number of imidazole rings is 1. The number of hydrogen-bond acceptors (Lipinski definition) is 8. The molecule has 0 radical (unpaired) electrons. The van der Waals surface area contributed by atoms with Crippen LogP contribution in [0, 0.1) is 15.2 Å². The standard InChI is InChI=1S/C12H16IN5O8P2/c13-11-16-9(14)8-10(17-11)18(4-15-8)6-1-7(26-28(22,23)24)12(2-5(6)12)3-25-27(19,20)21/h4-7H,1-3H2,(H2,14,16,17)(H2,19,20,21)(H2,22,23,24)/t5-,6?,7?,12+/m1/s1. The molecule has 2 unspecified atom stereocenters. The first-order chi connectivity index (χ1) is 12.9. The van der Waals surface area contributed by atoms with Gasteiger partial charge in [0.15, 0.2) is 15.3 Å². The highest BCUT2D eigenvalue weighted by molar-refractivity contribution is 14.1. The zero-order chi connectivity index (χ0) is 20.5. The van der Waals surface area contributed by atoms with Gasteiger partial charge in [-0.3, -0.25) is 9.05 Å². The van der Waals surface area contributed by atoms with Gasteiger partial charge >= 0.3 is 15.6 Å². The largest absolute Gasteiger partial charge is 0.469 e. The van der Waals surface area contributed by atoms with Crippen LogP contribution in [0.1, 0.15) is 18.9 Å². The molecule has 2 aromatic heterocycles. The van der Waals surface area contributed by atoms with Crippen LogP contribution in [-0.4, -0.2) is 51.8 Å². The Balaban J connectivity index is 1.69. The van der Waals surface area contributed by atoms with Crippen molar-refractivity contribution in [3.8, 4) is 0 Å². The van der Waals surface area contributed by atoms with E-state index in [1.54, 1.807) is 4.57 Å². The van der Waals surface area contributed by atoms with E-state index in [1.807, 2.05) is 22.6 Å². The fraction of sp³-hybridized carbons (Fsp3) is 0.583. The number of rotatable bonds is 6. The smallest absolute Gasteiger partial charge is 0.382 e. The minimum Gasteiger partial charge on any atom is -0.382 e. The molecule has 16 heteroatoms. The molecule has 154 valence electrons. The van der Waals surface area contributed by atoms with Gasteiger partial charge in [0.05, 0.1) is 19.0 Å². The van der Waals surface area contributed by atoms with Crippen LogP contribution in [0.5, 0.6) is 0 Å². The Kier molecular flexibility index (Phi) is 4.89. The van der Waals surface area contributed by atoms with Crippen LogP contribution in [0.3, 0.4) is 0 Å². The summed E-state index contributed by atoms with van der Waals surface area (Å²) in [6.07, 6.45) is 1.17. The van der Waals surface area contributed by atoms with Crippen molar-refractivity contribution in [2.75, 3.05) is 12.3 Å². The second-order valence-electron chi connectivity index (χ2n) is 6.90. The third-order valence-electron chi connectivity index (χ3n) is 5.28. The minimum absolute atomic E-state index is 0.187. The van der Waals surface area contributed by atoms with Crippen LogP contribution in [-0.2, 0) is 18.2 Å². The molecule has 13 nitrogen and oxygen atoms in total. The highest BCUT2D eigenvalue weighted by Crippen LogP contribution is 2.71. The summed E-state index contributed by atoms with van der Waals surface area (Å²) in [6, 6.07) is -0.313. The van der Waals surface area contributed by atoms with E-state index in [1.165, 1.54) is 6.33 Å². The Morgan fingerprint density at radius 1 is 1.29 bits per heavy atom. The lowest BCUT2D eigenvalue weighted by Gasteiger charge is -2.24. The third kappa shape index (κ3) is 3.73. The average Bonchev–Trinajstić information content (AvgIpc) is 3.00. The predicted octanol–water partition coefficient (Wildman–Crippen LogP) is 0.551. The van der Waals surface area contributed by atoms with Gasteiger partial charge in [-0.05, 0) is 18.8 Å². The van der Waals surface area contributed by atoms with Crippen molar-refractivity contribution in [3.63, 3.8) is 0 Å². The molecule has 2 aliphatic carbocycles. The zero-order valence-corrected chi connectivity index (χ0v) is 17.9. The van der Waals surface area contributed by atoms with E-state index in [2.05, 4.69) is 19.5 Å². The van der Waals surface area contributed by atoms with Crippen molar-refractivity contribution < 1.29 is 37.8 Å². The fourth-order valence-electron chi connectivity index (χ4n) is 4.10. The van der Waals surface area contributed by atoms with Gasteiger partial charge in [-0.15, -0.1) is 0 Å². The van der Waals surface area contributed by atoms with Gasteiger partial charge in [0, 0.05) is 34.0 Å². The summed E-state index contributed by atoms with van der Waals surface area (Å²) < 4.78 is 34.3. The molecule has 2 fully saturated rings. The highest BCUT2D eigenvalue weighted by atomic mass is 127. The Morgan fingerprint density at radius 2 is 2.00 bits per heavy atom. The average molecular weight is 547 g/mol. The second-order valence-corrected chi connectivity index (χ2v) is 10.3. The number of halogens is 1. The van der Waals surface area contributed by atoms with Gasteiger partial charge in [-0.2, -0.15) is 0 Å². The van der Waals surface area contributed by atoms with E-state index in [0.29, 0.717) is 21.4 Å². The molecule has 0 spiro atoms. The summed E-state index contributed by atoms with van der Waals surface area (Å²) in [4.78, 5) is 49.2. The van der Waals surface area contributed by atoms with E-state index in [0.717, 1.165) is 0 Å². The molecule has 0 aromatic carbocycles. The number of anilines is 1. The van der Waals surface area contributed by atoms with Crippen LogP contribution in [0.2, 0.25) is 0 Å². The molecule has 2 saturated carbocycles. The van der Waals surface area contributed by atoms with Gasteiger partial charge in [0.1, 0.15) is 5.52 Å². The van der Waals surface area contributed by atoms with Gasteiger partial charge < -0.3 is 29.9 Å². The summed E-state index contributed by atoms with van der Waals surface area (Å²) in [5.41, 5.74) is 5.83. The van der Waals surface area contributed by atoms with Crippen LogP contribution >= 0.6 is 38.2 Å². The maximum Gasteiger partial charge on any atom is 0.469 e. The molecular formula is C12H16IN5O8P2. The predicted molar refractivity (Wildman–Crippen MR) is 102 cm³/mol. The molecule has 2 heterocycles. The maximum absolute atomic E-state index is 11.4. The first kappa shape index (κ1) is 20.6. The molecule has 0 aliphatic heterocycles. The number of phosphoric ester groups is 2. The van der Waals surface area contributed by atoms with Gasteiger partial charge in [-0.25, -0.2) is 24.1 Å². The summed E-state index contributed by atoms with van der Waals surface area (Å²) in [5, 5.41) is 0. The molecule has 2 aliphatic rings. The van der Waals surface area contributed by atoms with Crippen molar-refractivity contribution >= 4 is 55.2 Å². The van der Waals surface area contributed by atoms with Gasteiger partial charge in [0.25, 0.3) is 0 Å². The van der Waals surface area contributed by atoms with Crippen molar-refractivity contribution in [1.29, 1.82) is 0 Å². The van der Waals surface area contributed by atoms with Crippen LogP contribution < -0.4 is 5.73 Å². The van der Waals surface area contributed by atoms with Gasteiger partial charge in [0.2, 0.25) is 0 Å². The van der Waals surface area contributed by atoms with E-state index in [-0.39, 0.29) is 30.8 Å². The number of nitrogens with two attached hydrogens (primary N) is 1. The van der Waals surface area contributed by atoms with Crippen LogP contribution in [0.4, 0.5) is 5.82 Å². The van der Waals surface area contributed by atoms with Crippen molar-refractivity contribution in [1.82, 2.24) is 19.5 Å². The maximum atomic E-state index is 11.4. The van der Waals surface area contributed by atoms with E-state index < -0.39 is 27.2 Å². The monoisotopic (exact) mass is 547 g/mol. The topological polar surface area (TPSA) is 203 Å². The lowest BCUT2D eigenvalue weighted by atomic mass is 10.0. The lowest BCUT2D eigenvalue weighted by Crippen LogP contribution is -2.26. The molecule has 28 heavy (non-hydrogen) atoms. The van der Waals surface area contributed by atoms with E-state index >= 15 is 0 Å². The Bertz CT molecular complexity index is 1040. The fourth-order valence-corrected chi connectivity index (χ4v) is 5.62. The molecule has 0 amide bonds. The first-order valence-corrected chi connectivity index (χ1v) is 12.1. The third-order valence-corrected chi connectivity index (χ3v) is 6.76. The molecule has 6 N–H and O–H groups in total. The summed E-state index contributed by atoms with van der Waals surface area (Å²) in [7, 11) is -9.57. The second kappa shape index (κ2) is 6.65. The molecule has 2 aromatic rings. The molecule has 0 saturated heterocycles. The van der Waals surface area contributed by atoms with Crippen LogP contribution in [0.15, 0.2) is 6.33 Å². The number of nitrogens with zero attached hydrogens (tertiary/aromatic N) is 4. The number of phosphoric acid groups is 2. The normalized spacial score (nSPS) is 30.0. The minimum atomic E-state index is -4.82. The summed E-state index contributed by atoms with van der Waals surface area (Å²) in [6.45, 7) is -0.385. The van der Waals surface area contributed by atoms with E-state index in [9.17, 15) is 18.9 Å². The lowest BCUT2D eigenvalue weighted by molar-refractivity contribution is 0.0499. The Morgan fingerprint density at radius 3 is 2.64 bits per heavy atom. The molecule has 0 bridgehead atoms. The number of fused-ring (bicyclic) bond motifs is 2. The zero-order valence-electron chi connectivity index (χ0n) is 14.0. The Labute approximate surface area is 171 Å². The number of aromatic nitrogens is 4. The van der Waals surface area contributed by atoms with Crippen molar-refractivity contribution in [3.05, 3.63) is 10.2 Å². The summed E-state index contributed by atoms with van der Waals surface area (Å²) >= 11 is 1.92. The Hall–Kier alpha value is -0.700. The SMILES string of the molecule is Nc1nc(I)nc2c1ncn2C1CC(OP(=O)(O)O)[C@]2(COP(=O)(O)O)C[C@H]12. The number of hydrogen-bond donors (Lipinski definition) is 5. The van der Waals surface area contributed by atoms with E-state index in [4.69, 9.17) is 20.0 Å². The number of nitrogen functional groups attached to an aromatic ring is 1. The summed E-state index contributed by atoms with van der Waals surface area (Å²) in [5.74, 6) is 0.0166. The molecule has 4 rings (SSSR count). The van der Waals surface area contributed by atoms with Crippen molar-refractivity contribution in [2.24, 2.45) is 11.3 Å². The first-order valence-electron chi connectivity index (χ1n) is 7.99. The molecular weight excluding hydrogens is 531 g/mol.